The molecule has 1 aromatic heterocycles. The molecule has 0 fully saturated rings. The van der Waals surface area contributed by atoms with Crippen LogP contribution in [0, 0.1) is 0 Å². The van der Waals surface area contributed by atoms with E-state index in [1.807, 2.05) is 36.6 Å². The molecule has 1 aliphatic carbocycles. The van der Waals surface area contributed by atoms with E-state index in [9.17, 15) is 0 Å². The van der Waals surface area contributed by atoms with Gasteiger partial charge in [-0.3, -0.25) is 0 Å². The molecular formula is C38H26BNO4. The minimum absolute atomic E-state index is 0.0257. The van der Waals surface area contributed by atoms with E-state index in [1.54, 1.807) is 0 Å². The van der Waals surface area contributed by atoms with E-state index in [4.69, 9.17) is 18.6 Å². The maximum absolute atomic E-state index is 6.69. The van der Waals surface area contributed by atoms with Crippen LogP contribution in [0.15, 0.2) is 125 Å². The second kappa shape index (κ2) is 9.07. The van der Waals surface area contributed by atoms with Crippen molar-refractivity contribution >= 4 is 45.4 Å². The smallest absolute Gasteiger partial charge is 0.260 e. The number of furan rings is 1. The van der Waals surface area contributed by atoms with Crippen LogP contribution in [-0.2, 0) is 0 Å². The third-order valence-electron chi connectivity index (χ3n) is 9.43. The molecule has 4 aliphatic rings. The second-order valence-corrected chi connectivity index (χ2v) is 11.9. The summed E-state index contributed by atoms with van der Waals surface area (Å²) in [6, 6.07) is 35.8. The van der Waals surface area contributed by atoms with Crippen molar-refractivity contribution in [3.8, 4) is 39.9 Å². The van der Waals surface area contributed by atoms with Gasteiger partial charge < -0.3 is 23.5 Å². The lowest BCUT2D eigenvalue weighted by Crippen LogP contribution is -2.57. The summed E-state index contributed by atoms with van der Waals surface area (Å²) in [5.74, 6) is 5.40. The molecule has 3 aliphatic heterocycles. The average molecular weight is 571 g/mol. The SMILES string of the molecule is c1ccc2c(c1)OC1=C(CCCC1)N2c1ccc2c(c1)Oc1cccc3c1B2c1cc(-c2coc4ccccc24)ccc1O3. The summed E-state index contributed by atoms with van der Waals surface area (Å²) < 4.78 is 25.5. The number of allylic oxidation sites excluding steroid dienone is 2. The highest BCUT2D eigenvalue weighted by Crippen LogP contribution is 2.47. The molecule has 44 heavy (non-hydrogen) atoms. The van der Waals surface area contributed by atoms with Crippen LogP contribution in [0.25, 0.3) is 22.1 Å². The average Bonchev–Trinajstić information content (AvgIpc) is 3.51. The molecular weight excluding hydrogens is 545 g/mol. The Kier molecular flexibility index (Phi) is 4.97. The van der Waals surface area contributed by atoms with E-state index in [2.05, 4.69) is 77.7 Å². The van der Waals surface area contributed by atoms with Crippen LogP contribution < -0.4 is 35.5 Å². The number of hydrogen-bond donors (Lipinski definition) is 0. The summed E-state index contributed by atoms with van der Waals surface area (Å²) in [5, 5.41) is 1.10. The number of para-hydroxylation sites is 3. The second-order valence-electron chi connectivity index (χ2n) is 11.9. The molecule has 0 saturated heterocycles. The topological polar surface area (TPSA) is 44.1 Å². The molecule has 5 aromatic carbocycles. The fraction of sp³-hybridized carbons (Fsp3) is 0.105. The molecule has 210 valence electrons. The first-order chi connectivity index (χ1) is 21.8. The molecule has 4 heterocycles. The van der Waals surface area contributed by atoms with Gasteiger partial charge in [0.2, 0.25) is 0 Å². The van der Waals surface area contributed by atoms with Gasteiger partial charge in [0, 0.05) is 34.6 Å². The number of nitrogens with zero attached hydrogens (tertiary/aromatic N) is 1. The van der Waals surface area contributed by atoms with Gasteiger partial charge in [0.05, 0.1) is 17.6 Å². The van der Waals surface area contributed by atoms with Gasteiger partial charge in [-0.2, -0.15) is 0 Å². The lowest BCUT2D eigenvalue weighted by Gasteiger charge is -2.38. The minimum Gasteiger partial charge on any atom is -0.464 e. The summed E-state index contributed by atoms with van der Waals surface area (Å²) in [5.41, 5.74) is 9.79. The van der Waals surface area contributed by atoms with Crippen molar-refractivity contribution in [1.29, 1.82) is 0 Å². The first kappa shape index (κ1) is 24.1. The molecule has 0 atom stereocenters. The van der Waals surface area contributed by atoms with Crippen LogP contribution in [0.1, 0.15) is 25.7 Å². The van der Waals surface area contributed by atoms with Gasteiger partial charge in [-0.05, 0) is 78.2 Å². The Hall–Kier alpha value is -5.36. The Morgan fingerprint density at radius 1 is 0.614 bits per heavy atom. The van der Waals surface area contributed by atoms with Gasteiger partial charge in [-0.25, -0.2) is 0 Å². The van der Waals surface area contributed by atoms with Crippen molar-refractivity contribution in [2.24, 2.45) is 0 Å². The molecule has 0 saturated carbocycles. The predicted molar refractivity (Wildman–Crippen MR) is 174 cm³/mol. The van der Waals surface area contributed by atoms with Crippen LogP contribution in [0.2, 0.25) is 0 Å². The number of ether oxygens (including phenoxy) is 3. The Morgan fingerprint density at radius 2 is 1.43 bits per heavy atom. The van der Waals surface area contributed by atoms with Crippen LogP contribution >= 0.6 is 0 Å². The highest BCUT2D eigenvalue weighted by atomic mass is 16.5. The van der Waals surface area contributed by atoms with E-state index in [0.717, 1.165) is 110 Å². The highest BCUT2D eigenvalue weighted by Gasteiger charge is 2.41. The molecule has 0 spiro atoms. The van der Waals surface area contributed by atoms with Gasteiger partial charge in [0.15, 0.2) is 5.75 Å². The monoisotopic (exact) mass is 571 g/mol. The molecule has 0 bridgehead atoms. The molecule has 0 N–H and O–H groups in total. The van der Waals surface area contributed by atoms with Crippen LogP contribution in [0.3, 0.4) is 0 Å². The summed E-state index contributed by atoms with van der Waals surface area (Å²) in [7, 11) is 0. The molecule has 0 radical (unpaired) electrons. The first-order valence-corrected chi connectivity index (χ1v) is 15.3. The van der Waals surface area contributed by atoms with Crippen molar-refractivity contribution in [2.75, 3.05) is 4.90 Å². The van der Waals surface area contributed by atoms with Crippen molar-refractivity contribution < 1.29 is 18.6 Å². The first-order valence-electron chi connectivity index (χ1n) is 15.3. The summed E-state index contributed by atoms with van der Waals surface area (Å²) in [4.78, 5) is 2.38. The molecule has 0 unspecified atom stereocenters. The van der Waals surface area contributed by atoms with Gasteiger partial charge in [0.25, 0.3) is 6.71 Å². The van der Waals surface area contributed by atoms with Crippen molar-refractivity contribution in [3.05, 3.63) is 121 Å². The molecule has 6 heteroatoms. The number of anilines is 2. The molecule has 10 rings (SSSR count). The van der Waals surface area contributed by atoms with Crippen LogP contribution in [-0.4, -0.2) is 6.71 Å². The Labute approximate surface area is 255 Å². The quantitative estimate of drug-likeness (QED) is 0.196. The van der Waals surface area contributed by atoms with E-state index in [-0.39, 0.29) is 6.71 Å². The Morgan fingerprint density at radius 3 is 2.39 bits per heavy atom. The third kappa shape index (κ3) is 3.42. The number of fused-ring (bicyclic) bond motifs is 6. The van der Waals surface area contributed by atoms with E-state index in [0.29, 0.717) is 0 Å². The lowest BCUT2D eigenvalue weighted by atomic mass is 9.34. The van der Waals surface area contributed by atoms with E-state index >= 15 is 0 Å². The van der Waals surface area contributed by atoms with Gasteiger partial charge in [-0.1, -0.05) is 54.6 Å². The summed E-state index contributed by atoms with van der Waals surface area (Å²) in [6.07, 6.45) is 6.12. The van der Waals surface area contributed by atoms with E-state index < -0.39 is 0 Å². The maximum atomic E-state index is 6.69. The third-order valence-corrected chi connectivity index (χ3v) is 9.43. The van der Waals surface area contributed by atoms with Crippen molar-refractivity contribution in [2.45, 2.75) is 25.7 Å². The normalized spacial score (nSPS) is 15.7. The zero-order valence-corrected chi connectivity index (χ0v) is 23.9. The molecule has 5 nitrogen and oxygen atoms in total. The number of rotatable bonds is 2. The summed E-state index contributed by atoms with van der Waals surface area (Å²) in [6.45, 7) is -0.0257. The van der Waals surface area contributed by atoms with Crippen LogP contribution in [0.4, 0.5) is 11.4 Å². The summed E-state index contributed by atoms with van der Waals surface area (Å²) >= 11 is 0. The van der Waals surface area contributed by atoms with Crippen LogP contribution in [0.5, 0.6) is 28.7 Å². The van der Waals surface area contributed by atoms with Crippen molar-refractivity contribution in [1.82, 2.24) is 0 Å². The zero-order chi connectivity index (χ0) is 28.8. The van der Waals surface area contributed by atoms with Gasteiger partial charge in [-0.15, -0.1) is 0 Å². The Balaban J connectivity index is 1.14. The number of benzene rings is 5. The van der Waals surface area contributed by atoms with Gasteiger partial charge >= 0.3 is 0 Å². The largest absolute Gasteiger partial charge is 0.464 e. The van der Waals surface area contributed by atoms with E-state index in [1.165, 1.54) is 5.70 Å². The fourth-order valence-electron chi connectivity index (χ4n) is 7.44. The fourth-order valence-corrected chi connectivity index (χ4v) is 7.44. The lowest BCUT2D eigenvalue weighted by molar-refractivity contribution is 0.363. The molecule has 0 amide bonds. The highest BCUT2D eigenvalue weighted by molar-refractivity contribution is 6.98. The predicted octanol–water partition coefficient (Wildman–Crippen LogP) is 8.14. The zero-order valence-electron chi connectivity index (χ0n) is 23.9. The number of hydrogen-bond acceptors (Lipinski definition) is 5. The Bertz CT molecular complexity index is 2200. The van der Waals surface area contributed by atoms with Crippen molar-refractivity contribution in [3.63, 3.8) is 0 Å². The minimum atomic E-state index is -0.0257. The molecule has 6 aromatic rings. The standard InChI is InChI=1S/C38H26BNO4/c1-4-11-31-25(8-1)26(22-41-31)23-16-19-32-28(20-23)39-27-18-17-24(21-37(27)44-36-15-7-14-35(42-32)38(36)39)40-29-9-2-5-12-33(29)43-34-13-6-3-10-30(34)40/h1-2,4-5,7-9,11-12,14-22H,3,6,10,13H2. The maximum Gasteiger partial charge on any atom is 0.260 e. The van der Waals surface area contributed by atoms with Gasteiger partial charge in [0.1, 0.15) is 34.3 Å².